The molecule has 0 radical (unpaired) electrons. The number of hydrogen-bond acceptors (Lipinski definition) is 3. The lowest BCUT2D eigenvalue weighted by molar-refractivity contribution is -0.131. The molecule has 1 aliphatic rings. The van der Waals surface area contributed by atoms with Gasteiger partial charge in [-0.1, -0.05) is 12.1 Å². The van der Waals surface area contributed by atoms with Crippen molar-refractivity contribution in [3.8, 4) is 5.75 Å². The van der Waals surface area contributed by atoms with E-state index in [1.165, 1.54) is 0 Å². The molecule has 0 unspecified atom stereocenters. The molecule has 0 aliphatic carbocycles. The SMILES string of the molecule is CN(Cc1cccc(O)c1)C(=O)CC1CCNCC1. The zero-order valence-electron chi connectivity index (χ0n) is 11.4. The number of rotatable bonds is 4. The van der Waals surface area contributed by atoms with Crippen LogP contribution in [0.5, 0.6) is 5.75 Å². The van der Waals surface area contributed by atoms with Crippen LogP contribution in [0.3, 0.4) is 0 Å². The fourth-order valence-corrected chi connectivity index (χ4v) is 2.51. The van der Waals surface area contributed by atoms with E-state index in [-0.39, 0.29) is 11.7 Å². The minimum atomic E-state index is 0.190. The first-order chi connectivity index (χ1) is 9.15. The molecule has 0 aromatic heterocycles. The second kappa shape index (κ2) is 6.57. The highest BCUT2D eigenvalue weighted by atomic mass is 16.3. The van der Waals surface area contributed by atoms with E-state index < -0.39 is 0 Å². The van der Waals surface area contributed by atoms with Crippen molar-refractivity contribution in [2.75, 3.05) is 20.1 Å². The predicted octanol–water partition coefficient (Wildman–Crippen LogP) is 1.74. The molecule has 1 heterocycles. The summed E-state index contributed by atoms with van der Waals surface area (Å²) >= 11 is 0. The van der Waals surface area contributed by atoms with Crippen molar-refractivity contribution in [2.24, 2.45) is 5.92 Å². The molecule has 1 saturated heterocycles. The maximum Gasteiger partial charge on any atom is 0.222 e. The number of nitrogens with zero attached hydrogens (tertiary/aromatic N) is 1. The summed E-state index contributed by atoms with van der Waals surface area (Å²) in [6.07, 6.45) is 2.81. The van der Waals surface area contributed by atoms with Gasteiger partial charge in [-0.25, -0.2) is 0 Å². The molecular weight excluding hydrogens is 240 g/mol. The summed E-state index contributed by atoms with van der Waals surface area (Å²) in [4.78, 5) is 13.9. The Morgan fingerprint density at radius 2 is 2.16 bits per heavy atom. The second-order valence-corrected chi connectivity index (χ2v) is 5.32. The van der Waals surface area contributed by atoms with Crippen LogP contribution in [0.1, 0.15) is 24.8 Å². The largest absolute Gasteiger partial charge is 0.508 e. The minimum absolute atomic E-state index is 0.190. The van der Waals surface area contributed by atoms with E-state index in [1.54, 1.807) is 23.1 Å². The third-order valence-corrected chi connectivity index (χ3v) is 3.68. The van der Waals surface area contributed by atoms with Crippen molar-refractivity contribution in [1.29, 1.82) is 0 Å². The molecule has 1 aliphatic heterocycles. The van der Waals surface area contributed by atoms with Crippen LogP contribution in [0.15, 0.2) is 24.3 Å². The first-order valence-corrected chi connectivity index (χ1v) is 6.88. The fraction of sp³-hybridized carbons (Fsp3) is 0.533. The number of hydrogen-bond donors (Lipinski definition) is 2. The Kier molecular flexibility index (Phi) is 4.80. The summed E-state index contributed by atoms with van der Waals surface area (Å²) < 4.78 is 0. The number of piperidine rings is 1. The van der Waals surface area contributed by atoms with E-state index in [4.69, 9.17) is 0 Å². The normalized spacial score (nSPS) is 16.3. The van der Waals surface area contributed by atoms with Gasteiger partial charge in [0, 0.05) is 20.0 Å². The molecule has 1 amide bonds. The van der Waals surface area contributed by atoms with E-state index in [9.17, 15) is 9.90 Å². The standard InChI is InChI=1S/C15H22N2O2/c1-17(11-13-3-2-4-14(18)9-13)15(19)10-12-5-7-16-8-6-12/h2-4,9,12,16,18H,5-8,10-11H2,1H3. The first-order valence-electron chi connectivity index (χ1n) is 6.88. The minimum Gasteiger partial charge on any atom is -0.508 e. The Labute approximate surface area is 114 Å². The van der Waals surface area contributed by atoms with Crippen molar-refractivity contribution in [3.63, 3.8) is 0 Å². The maximum atomic E-state index is 12.1. The Morgan fingerprint density at radius 3 is 2.84 bits per heavy atom. The van der Waals surface area contributed by atoms with Gasteiger partial charge in [0.2, 0.25) is 5.91 Å². The molecule has 1 fully saturated rings. The van der Waals surface area contributed by atoms with Gasteiger partial charge in [-0.2, -0.15) is 0 Å². The summed E-state index contributed by atoms with van der Waals surface area (Å²) in [5.41, 5.74) is 0.959. The van der Waals surface area contributed by atoms with Crippen molar-refractivity contribution >= 4 is 5.91 Å². The van der Waals surface area contributed by atoms with Gasteiger partial charge in [-0.15, -0.1) is 0 Å². The summed E-state index contributed by atoms with van der Waals surface area (Å²) in [7, 11) is 1.83. The van der Waals surface area contributed by atoms with Gasteiger partial charge in [0.25, 0.3) is 0 Å². The Bertz CT molecular complexity index is 428. The van der Waals surface area contributed by atoms with Crippen molar-refractivity contribution in [3.05, 3.63) is 29.8 Å². The van der Waals surface area contributed by atoms with Crippen LogP contribution in [-0.2, 0) is 11.3 Å². The van der Waals surface area contributed by atoms with E-state index in [1.807, 2.05) is 13.1 Å². The number of phenolic OH excluding ortho intramolecular Hbond substituents is 1. The average Bonchev–Trinajstić information content (AvgIpc) is 2.40. The maximum absolute atomic E-state index is 12.1. The topological polar surface area (TPSA) is 52.6 Å². The third-order valence-electron chi connectivity index (χ3n) is 3.68. The van der Waals surface area contributed by atoms with Crippen molar-refractivity contribution < 1.29 is 9.90 Å². The quantitative estimate of drug-likeness (QED) is 0.869. The molecule has 0 atom stereocenters. The van der Waals surface area contributed by atoms with Crippen LogP contribution in [0.2, 0.25) is 0 Å². The Hall–Kier alpha value is -1.55. The lowest BCUT2D eigenvalue weighted by Crippen LogP contribution is -2.33. The number of nitrogens with one attached hydrogen (secondary N) is 1. The zero-order chi connectivity index (χ0) is 13.7. The number of phenols is 1. The second-order valence-electron chi connectivity index (χ2n) is 5.32. The average molecular weight is 262 g/mol. The van der Waals surface area contributed by atoms with Gasteiger partial charge in [0.05, 0.1) is 0 Å². The zero-order valence-corrected chi connectivity index (χ0v) is 11.4. The van der Waals surface area contributed by atoms with E-state index in [0.29, 0.717) is 18.9 Å². The van der Waals surface area contributed by atoms with Crippen molar-refractivity contribution in [2.45, 2.75) is 25.8 Å². The molecule has 0 saturated carbocycles. The highest BCUT2D eigenvalue weighted by Gasteiger charge is 2.19. The van der Waals surface area contributed by atoms with Crippen LogP contribution in [-0.4, -0.2) is 36.1 Å². The van der Waals surface area contributed by atoms with Gasteiger partial charge >= 0.3 is 0 Å². The molecule has 4 heteroatoms. The van der Waals surface area contributed by atoms with Crippen molar-refractivity contribution in [1.82, 2.24) is 10.2 Å². The number of carbonyl (C=O) groups excluding carboxylic acids is 1. The molecule has 1 aromatic rings. The van der Waals surface area contributed by atoms with E-state index in [2.05, 4.69) is 5.32 Å². The first kappa shape index (κ1) is 13.9. The van der Waals surface area contributed by atoms with Crippen LogP contribution in [0.4, 0.5) is 0 Å². The predicted molar refractivity (Wildman–Crippen MR) is 74.8 cm³/mol. The molecule has 1 aromatic carbocycles. The highest BCUT2D eigenvalue weighted by molar-refractivity contribution is 5.76. The number of carbonyl (C=O) groups is 1. The molecule has 4 nitrogen and oxygen atoms in total. The molecule has 104 valence electrons. The van der Waals surface area contributed by atoms with Gasteiger partial charge < -0.3 is 15.3 Å². The third kappa shape index (κ3) is 4.24. The van der Waals surface area contributed by atoms with Crippen LogP contribution >= 0.6 is 0 Å². The number of aromatic hydroxyl groups is 1. The monoisotopic (exact) mass is 262 g/mol. The van der Waals surface area contributed by atoms with Crippen LogP contribution < -0.4 is 5.32 Å². The molecule has 2 rings (SSSR count). The Morgan fingerprint density at radius 1 is 1.42 bits per heavy atom. The molecular formula is C15H22N2O2. The highest BCUT2D eigenvalue weighted by Crippen LogP contribution is 2.18. The Balaban J connectivity index is 1.84. The number of benzene rings is 1. The van der Waals surface area contributed by atoms with E-state index in [0.717, 1.165) is 31.5 Å². The van der Waals surface area contributed by atoms with Gasteiger partial charge in [0.15, 0.2) is 0 Å². The molecule has 0 spiro atoms. The summed E-state index contributed by atoms with van der Waals surface area (Å²) in [5, 5.41) is 12.7. The summed E-state index contributed by atoms with van der Waals surface area (Å²) in [6.45, 7) is 2.60. The fourth-order valence-electron chi connectivity index (χ4n) is 2.51. The van der Waals surface area contributed by atoms with Gasteiger partial charge in [-0.05, 0) is 49.5 Å². The van der Waals surface area contributed by atoms with Crippen LogP contribution in [0, 0.1) is 5.92 Å². The van der Waals surface area contributed by atoms with E-state index >= 15 is 0 Å². The number of amides is 1. The summed E-state index contributed by atoms with van der Waals surface area (Å²) in [5.74, 6) is 0.951. The lowest BCUT2D eigenvalue weighted by atomic mass is 9.94. The smallest absolute Gasteiger partial charge is 0.222 e. The molecule has 19 heavy (non-hydrogen) atoms. The summed E-state index contributed by atoms with van der Waals surface area (Å²) in [6, 6.07) is 7.07. The van der Waals surface area contributed by atoms with Gasteiger partial charge in [-0.3, -0.25) is 4.79 Å². The van der Waals surface area contributed by atoms with Crippen LogP contribution in [0.25, 0.3) is 0 Å². The molecule has 2 N–H and O–H groups in total. The van der Waals surface area contributed by atoms with Gasteiger partial charge in [0.1, 0.15) is 5.75 Å². The lowest BCUT2D eigenvalue weighted by Gasteiger charge is -2.25. The molecule has 0 bridgehead atoms.